The monoisotopic (exact) mass is 382 g/mol. The molecule has 146 valence electrons. The Kier molecular flexibility index (Phi) is 4.27. The zero-order chi connectivity index (χ0) is 20.0. The summed E-state index contributed by atoms with van der Waals surface area (Å²) in [7, 11) is 1.98. The normalized spacial score (nSPS) is 24.0. The van der Waals surface area contributed by atoms with Gasteiger partial charge < -0.3 is 4.90 Å². The number of piperidine rings is 1. The van der Waals surface area contributed by atoms with Gasteiger partial charge in [0.1, 0.15) is 0 Å². The number of hydrogen-bond acceptors (Lipinski definition) is 2. The average Bonchev–Trinajstić information content (AvgIpc) is 2.75. The number of likely N-dealkylation sites (tertiary alicyclic amines) is 1. The fourth-order valence-electron chi connectivity index (χ4n) is 5.27. The van der Waals surface area contributed by atoms with Crippen LogP contribution in [0.25, 0.3) is 23.1 Å². The standard InChI is InChI=1S/C26H26N2O/c1-26-16-15-25(29)28(2)24(26)14-10-20-17-18(8-13-22(20)26)7-11-21-12-9-19-5-3-4-6-23(19)27-21/h3-9,11-13,17,24H,10,14-16H2,1-2H3/t24-,26?/m1/s1. The van der Waals surface area contributed by atoms with Gasteiger partial charge in [-0.25, -0.2) is 4.98 Å². The Hall–Kier alpha value is -2.94. The highest BCUT2D eigenvalue weighted by Crippen LogP contribution is 2.45. The molecule has 1 aliphatic heterocycles. The molecule has 1 fully saturated rings. The van der Waals surface area contributed by atoms with E-state index in [0.29, 0.717) is 18.4 Å². The quantitative estimate of drug-likeness (QED) is 0.608. The molecule has 1 aliphatic carbocycles. The number of para-hydroxylation sites is 1. The molecule has 2 aromatic carbocycles. The van der Waals surface area contributed by atoms with Crippen LogP contribution >= 0.6 is 0 Å². The Balaban J connectivity index is 1.44. The lowest BCUT2D eigenvalue weighted by Crippen LogP contribution is -2.56. The second kappa shape index (κ2) is 6.84. The number of likely N-dealkylation sites (N-methyl/N-ethyl adjacent to an activating group) is 1. The molecule has 1 saturated heterocycles. The lowest BCUT2D eigenvalue weighted by molar-refractivity contribution is -0.138. The van der Waals surface area contributed by atoms with Gasteiger partial charge in [-0.1, -0.05) is 55.5 Å². The van der Waals surface area contributed by atoms with Crippen molar-refractivity contribution < 1.29 is 4.79 Å². The van der Waals surface area contributed by atoms with Gasteiger partial charge in [-0.2, -0.15) is 0 Å². The summed E-state index contributed by atoms with van der Waals surface area (Å²) < 4.78 is 0. The predicted octanol–water partition coefficient (Wildman–Crippen LogP) is 5.23. The van der Waals surface area contributed by atoms with E-state index in [2.05, 4.69) is 61.5 Å². The molecule has 3 nitrogen and oxygen atoms in total. The first-order valence-electron chi connectivity index (χ1n) is 10.5. The molecule has 0 bridgehead atoms. The Morgan fingerprint density at radius 1 is 1.07 bits per heavy atom. The molecule has 2 heterocycles. The molecule has 0 N–H and O–H groups in total. The van der Waals surface area contributed by atoms with Crippen molar-refractivity contribution in [3.05, 3.63) is 77.0 Å². The van der Waals surface area contributed by atoms with E-state index in [1.54, 1.807) is 0 Å². The molecule has 5 rings (SSSR count). The molecule has 3 heteroatoms. The minimum atomic E-state index is 0.0678. The number of aryl methyl sites for hydroxylation is 1. The largest absolute Gasteiger partial charge is 0.342 e. The Morgan fingerprint density at radius 3 is 2.83 bits per heavy atom. The van der Waals surface area contributed by atoms with Crippen LogP contribution in [0, 0.1) is 0 Å². The third-order valence-electron chi connectivity index (χ3n) is 6.95. The highest BCUT2D eigenvalue weighted by atomic mass is 16.2. The van der Waals surface area contributed by atoms with Crippen LogP contribution in [0.1, 0.15) is 48.6 Å². The van der Waals surface area contributed by atoms with E-state index in [9.17, 15) is 4.79 Å². The van der Waals surface area contributed by atoms with Crippen LogP contribution in [0.15, 0.2) is 54.6 Å². The van der Waals surface area contributed by atoms with Crippen LogP contribution in [-0.2, 0) is 16.6 Å². The topological polar surface area (TPSA) is 33.2 Å². The third-order valence-corrected chi connectivity index (χ3v) is 6.95. The first kappa shape index (κ1) is 18.1. The summed E-state index contributed by atoms with van der Waals surface area (Å²) in [4.78, 5) is 18.9. The van der Waals surface area contributed by atoms with Crippen LogP contribution in [-0.4, -0.2) is 28.9 Å². The summed E-state index contributed by atoms with van der Waals surface area (Å²) in [6, 6.07) is 19.5. The SMILES string of the molecule is CN1C(=O)CCC2(C)c3ccc(C=Cc4ccc5ccccc5n4)cc3CC[C@@H]12. The van der Waals surface area contributed by atoms with E-state index in [1.165, 1.54) is 16.7 Å². The van der Waals surface area contributed by atoms with Crippen molar-refractivity contribution in [2.24, 2.45) is 0 Å². The van der Waals surface area contributed by atoms with E-state index < -0.39 is 0 Å². The zero-order valence-corrected chi connectivity index (χ0v) is 17.1. The molecule has 1 aromatic heterocycles. The lowest BCUT2D eigenvalue weighted by Gasteiger charge is -2.50. The van der Waals surface area contributed by atoms with Crippen molar-refractivity contribution in [1.29, 1.82) is 0 Å². The minimum Gasteiger partial charge on any atom is -0.342 e. The third kappa shape index (κ3) is 3.05. The second-order valence-electron chi connectivity index (χ2n) is 8.66. The van der Waals surface area contributed by atoms with Crippen molar-refractivity contribution in [3.8, 4) is 0 Å². The fourth-order valence-corrected chi connectivity index (χ4v) is 5.27. The van der Waals surface area contributed by atoms with Gasteiger partial charge in [0.25, 0.3) is 0 Å². The van der Waals surface area contributed by atoms with Crippen molar-refractivity contribution in [1.82, 2.24) is 9.88 Å². The van der Waals surface area contributed by atoms with Crippen molar-refractivity contribution in [2.45, 2.75) is 44.1 Å². The molecule has 29 heavy (non-hydrogen) atoms. The lowest BCUT2D eigenvalue weighted by atomic mass is 9.63. The van der Waals surface area contributed by atoms with Gasteiger partial charge in [0.15, 0.2) is 0 Å². The van der Waals surface area contributed by atoms with Crippen molar-refractivity contribution in [2.75, 3.05) is 7.05 Å². The van der Waals surface area contributed by atoms with Crippen LogP contribution in [0.5, 0.6) is 0 Å². The number of pyridine rings is 1. The maximum absolute atomic E-state index is 12.2. The van der Waals surface area contributed by atoms with Crippen molar-refractivity contribution >= 4 is 29.0 Å². The minimum absolute atomic E-state index is 0.0678. The number of nitrogens with zero attached hydrogens (tertiary/aromatic N) is 2. The van der Waals surface area contributed by atoms with E-state index in [4.69, 9.17) is 4.98 Å². The van der Waals surface area contributed by atoms with E-state index in [1.807, 2.05) is 24.1 Å². The summed E-state index contributed by atoms with van der Waals surface area (Å²) in [6.07, 6.45) is 7.92. The summed E-state index contributed by atoms with van der Waals surface area (Å²) in [5.41, 5.74) is 6.13. The number of fused-ring (bicyclic) bond motifs is 4. The number of aromatic nitrogens is 1. The van der Waals surface area contributed by atoms with Crippen LogP contribution in [0.3, 0.4) is 0 Å². The number of amides is 1. The van der Waals surface area contributed by atoms with Gasteiger partial charge in [-0.3, -0.25) is 4.79 Å². The summed E-state index contributed by atoms with van der Waals surface area (Å²) in [5.74, 6) is 0.290. The van der Waals surface area contributed by atoms with Gasteiger partial charge in [0, 0.05) is 30.3 Å². The molecule has 2 aliphatic rings. The Morgan fingerprint density at radius 2 is 1.93 bits per heavy atom. The molecule has 1 amide bonds. The zero-order valence-electron chi connectivity index (χ0n) is 17.1. The number of carbonyl (C=O) groups excluding carboxylic acids is 1. The van der Waals surface area contributed by atoms with Crippen LogP contribution < -0.4 is 0 Å². The molecule has 0 radical (unpaired) electrons. The summed E-state index contributed by atoms with van der Waals surface area (Å²) >= 11 is 0. The van der Waals surface area contributed by atoms with Gasteiger partial charge in [-0.15, -0.1) is 0 Å². The van der Waals surface area contributed by atoms with Crippen LogP contribution in [0.2, 0.25) is 0 Å². The van der Waals surface area contributed by atoms with E-state index in [0.717, 1.165) is 35.9 Å². The second-order valence-corrected chi connectivity index (χ2v) is 8.66. The summed E-state index contributed by atoms with van der Waals surface area (Å²) in [5, 5.41) is 1.16. The smallest absolute Gasteiger partial charge is 0.222 e. The Bertz CT molecular complexity index is 1130. The first-order valence-corrected chi connectivity index (χ1v) is 10.5. The maximum atomic E-state index is 12.2. The molecular weight excluding hydrogens is 356 g/mol. The van der Waals surface area contributed by atoms with Crippen LogP contribution in [0.4, 0.5) is 0 Å². The summed E-state index contributed by atoms with van der Waals surface area (Å²) in [6.45, 7) is 2.34. The van der Waals surface area contributed by atoms with E-state index >= 15 is 0 Å². The average molecular weight is 383 g/mol. The number of rotatable bonds is 2. The maximum Gasteiger partial charge on any atom is 0.222 e. The van der Waals surface area contributed by atoms with Crippen molar-refractivity contribution in [3.63, 3.8) is 0 Å². The van der Waals surface area contributed by atoms with Gasteiger partial charge in [0.2, 0.25) is 5.91 Å². The molecule has 0 saturated carbocycles. The molecule has 2 atom stereocenters. The molecule has 0 spiro atoms. The number of carbonyl (C=O) groups is 1. The first-order chi connectivity index (χ1) is 14.0. The highest BCUT2D eigenvalue weighted by molar-refractivity contribution is 5.81. The molecular formula is C26H26N2O. The predicted molar refractivity (Wildman–Crippen MR) is 119 cm³/mol. The van der Waals surface area contributed by atoms with Gasteiger partial charge in [0.05, 0.1) is 11.2 Å². The Labute approximate surface area is 172 Å². The molecule has 3 aromatic rings. The number of hydrogen-bond donors (Lipinski definition) is 0. The molecule has 1 unspecified atom stereocenters. The van der Waals surface area contributed by atoms with E-state index in [-0.39, 0.29) is 5.41 Å². The highest BCUT2D eigenvalue weighted by Gasteiger charge is 2.46. The van der Waals surface area contributed by atoms with Gasteiger partial charge in [-0.05, 0) is 54.2 Å². The number of benzene rings is 2. The van der Waals surface area contributed by atoms with Gasteiger partial charge >= 0.3 is 0 Å². The fraction of sp³-hybridized carbons (Fsp3) is 0.308.